The lowest BCUT2D eigenvalue weighted by Crippen LogP contribution is -2.58. The topological polar surface area (TPSA) is 71.8 Å². The van der Waals surface area contributed by atoms with Gasteiger partial charge in [0.1, 0.15) is 11.5 Å². The summed E-state index contributed by atoms with van der Waals surface area (Å²) in [5.41, 5.74) is 1.54. The smallest absolute Gasteiger partial charge is 0.287 e. The van der Waals surface area contributed by atoms with Gasteiger partial charge in [-0.05, 0) is 69.9 Å². The van der Waals surface area contributed by atoms with Gasteiger partial charge in [0.25, 0.3) is 11.8 Å². The normalized spacial score (nSPS) is 19.4. The third-order valence-corrected chi connectivity index (χ3v) is 5.21. The van der Waals surface area contributed by atoms with Crippen molar-refractivity contribution in [2.24, 2.45) is 0 Å². The van der Waals surface area contributed by atoms with Crippen LogP contribution in [-0.2, 0) is 4.79 Å². The van der Waals surface area contributed by atoms with Gasteiger partial charge in [0.15, 0.2) is 12.4 Å². The number of nitrogens with zero attached hydrogens (tertiary/aromatic N) is 1. The molecule has 150 valence electrons. The highest BCUT2D eigenvalue weighted by Gasteiger charge is 2.35. The van der Waals surface area contributed by atoms with Crippen molar-refractivity contribution in [2.45, 2.75) is 46.1 Å². The van der Waals surface area contributed by atoms with Gasteiger partial charge >= 0.3 is 0 Å². The van der Waals surface area contributed by atoms with Crippen LogP contribution < -0.4 is 10.1 Å². The van der Waals surface area contributed by atoms with Gasteiger partial charge in [-0.15, -0.1) is 0 Å². The molecule has 28 heavy (non-hydrogen) atoms. The number of hydrogen-bond donors (Lipinski definition) is 1. The SMILES string of the molecule is Cc1cccc(OCC(=O)N2CCCC(C)(NC(=O)c3cc(C)c(C)o3)C2)c1. The molecule has 0 radical (unpaired) electrons. The van der Waals surface area contributed by atoms with Crippen molar-refractivity contribution >= 4 is 11.8 Å². The molecule has 1 atom stereocenters. The molecule has 1 aromatic heterocycles. The second kappa shape index (κ2) is 8.09. The molecule has 1 N–H and O–H groups in total. The third kappa shape index (κ3) is 4.74. The summed E-state index contributed by atoms with van der Waals surface area (Å²) in [6.45, 7) is 8.80. The van der Waals surface area contributed by atoms with Crippen molar-refractivity contribution in [3.8, 4) is 5.75 Å². The number of carbonyl (C=O) groups is 2. The number of aryl methyl sites for hydroxylation is 3. The van der Waals surface area contributed by atoms with Crippen LogP contribution in [0.4, 0.5) is 0 Å². The predicted octanol–water partition coefficient (Wildman–Crippen LogP) is 3.39. The van der Waals surface area contributed by atoms with Gasteiger partial charge in [0.05, 0.1) is 5.54 Å². The maximum atomic E-state index is 12.6. The van der Waals surface area contributed by atoms with E-state index in [0.29, 0.717) is 24.6 Å². The van der Waals surface area contributed by atoms with E-state index in [0.717, 1.165) is 29.7 Å². The van der Waals surface area contributed by atoms with E-state index in [4.69, 9.17) is 9.15 Å². The number of likely N-dealkylation sites (tertiary alicyclic amines) is 1. The van der Waals surface area contributed by atoms with E-state index in [-0.39, 0.29) is 18.4 Å². The molecule has 1 aliphatic rings. The molecule has 6 heteroatoms. The van der Waals surface area contributed by atoms with E-state index in [1.807, 2.05) is 52.0 Å². The minimum Gasteiger partial charge on any atom is -0.484 e. The molecule has 1 aromatic carbocycles. The number of rotatable bonds is 5. The largest absolute Gasteiger partial charge is 0.484 e. The minimum atomic E-state index is -0.497. The fourth-order valence-corrected chi connectivity index (χ4v) is 3.52. The van der Waals surface area contributed by atoms with Crippen LogP contribution in [0.1, 0.15) is 47.2 Å². The monoisotopic (exact) mass is 384 g/mol. The number of hydrogen-bond acceptors (Lipinski definition) is 4. The van der Waals surface area contributed by atoms with E-state index in [1.165, 1.54) is 0 Å². The number of carbonyl (C=O) groups excluding carboxylic acids is 2. The number of nitrogens with one attached hydrogen (secondary N) is 1. The van der Waals surface area contributed by atoms with Gasteiger partial charge in [-0.3, -0.25) is 9.59 Å². The van der Waals surface area contributed by atoms with Crippen molar-refractivity contribution in [3.63, 3.8) is 0 Å². The first-order valence-electron chi connectivity index (χ1n) is 9.62. The van der Waals surface area contributed by atoms with Crippen LogP contribution in [0.2, 0.25) is 0 Å². The molecule has 3 rings (SSSR count). The Bertz CT molecular complexity index is 854. The highest BCUT2D eigenvalue weighted by atomic mass is 16.5. The van der Waals surface area contributed by atoms with Gasteiger partial charge in [0.2, 0.25) is 0 Å². The highest BCUT2D eigenvalue weighted by molar-refractivity contribution is 5.92. The molecule has 0 spiro atoms. The molecule has 1 unspecified atom stereocenters. The molecule has 1 fully saturated rings. The average Bonchev–Trinajstić information content (AvgIpc) is 2.98. The molecule has 0 saturated carbocycles. The zero-order valence-corrected chi connectivity index (χ0v) is 17.0. The third-order valence-electron chi connectivity index (χ3n) is 5.21. The summed E-state index contributed by atoms with van der Waals surface area (Å²) in [6, 6.07) is 9.38. The minimum absolute atomic E-state index is 0.00987. The van der Waals surface area contributed by atoms with Gasteiger partial charge < -0.3 is 19.4 Å². The van der Waals surface area contributed by atoms with E-state index in [2.05, 4.69) is 5.32 Å². The van der Waals surface area contributed by atoms with Crippen LogP contribution in [0, 0.1) is 20.8 Å². The van der Waals surface area contributed by atoms with Crippen LogP contribution in [0.3, 0.4) is 0 Å². The summed E-state index contributed by atoms with van der Waals surface area (Å²) in [5, 5.41) is 3.05. The molecule has 2 aromatic rings. The lowest BCUT2D eigenvalue weighted by molar-refractivity contribution is -0.135. The number of amides is 2. The van der Waals surface area contributed by atoms with Crippen molar-refractivity contribution in [3.05, 3.63) is 53.0 Å². The van der Waals surface area contributed by atoms with E-state index >= 15 is 0 Å². The van der Waals surface area contributed by atoms with Gasteiger partial charge in [-0.1, -0.05) is 12.1 Å². The Labute approximate surface area is 165 Å². The molecule has 0 aliphatic carbocycles. The molecule has 1 saturated heterocycles. The van der Waals surface area contributed by atoms with Gasteiger partial charge in [-0.25, -0.2) is 0 Å². The molecule has 1 aliphatic heterocycles. The molecule has 2 heterocycles. The predicted molar refractivity (Wildman–Crippen MR) is 107 cm³/mol. The van der Waals surface area contributed by atoms with Gasteiger partial charge in [0, 0.05) is 13.1 Å². The zero-order valence-electron chi connectivity index (χ0n) is 17.0. The number of furan rings is 1. The Balaban J connectivity index is 1.58. The van der Waals surface area contributed by atoms with Gasteiger partial charge in [-0.2, -0.15) is 0 Å². The number of benzene rings is 1. The molecule has 0 bridgehead atoms. The quantitative estimate of drug-likeness (QED) is 0.858. The summed E-state index contributed by atoms with van der Waals surface area (Å²) in [6.07, 6.45) is 1.63. The molecular weight excluding hydrogens is 356 g/mol. The zero-order chi connectivity index (χ0) is 20.3. The lowest BCUT2D eigenvalue weighted by atomic mass is 9.90. The summed E-state index contributed by atoms with van der Waals surface area (Å²) in [7, 11) is 0. The highest BCUT2D eigenvalue weighted by Crippen LogP contribution is 2.23. The summed E-state index contributed by atoms with van der Waals surface area (Å²) < 4.78 is 11.2. The summed E-state index contributed by atoms with van der Waals surface area (Å²) >= 11 is 0. The lowest BCUT2D eigenvalue weighted by Gasteiger charge is -2.40. The Hall–Kier alpha value is -2.76. The second-order valence-corrected chi connectivity index (χ2v) is 7.89. The first-order chi connectivity index (χ1) is 13.3. The average molecular weight is 384 g/mol. The summed E-state index contributed by atoms with van der Waals surface area (Å²) in [5.74, 6) is 1.41. The fraction of sp³-hybridized carbons (Fsp3) is 0.455. The Morgan fingerprint density at radius 3 is 2.71 bits per heavy atom. The van der Waals surface area contributed by atoms with E-state index in [1.54, 1.807) is 11.0 Å². The number of piperidine rings is 1. The fourth-order valence-electron chi connectivity index (χ4n) is 3.52. The van der Waals surface area contributed by atoms with Crippen molar-refractivity contribution in [2.75, 3.05) is 19.7 Å². The first-order valence-corrected chi connectivity index (χ1v) is 9.62. The van der Waals surface area contributed by atoms with Crippen LogP contribution in [0.15, 0.2) is 34.7 Å². The van der Waals surface area contributed by atoms with E-state index < -0.39 is 5.54 Å². The number of ether oxygens (including phenoxy) is 1. The van der Waals surface area contributed by atoms with E-state index in [9.17, 15) is 9.59 Å². The standard InChI is InChI=1S/C22H28N2O4/c1-15-7-5-8-18(11-15)27-13-20(25)24-10-6-9-22(4,14-24)23-21(26)19-12-16(2)17(3)28-19/h5,7-8,11-12H,6,9-10,13-14H2,1-4H3,(H,23,26). The Kier molecular flexibility index (Phi) is 5.77. The van der Waals surface area contributed by atoms with Crippen molar-refractivity contribution < 1.29 is 18.7 Å². The first kappa shape index (κ1) is 20.0. The second-order valence-electron chi connectivity index (χ2n) is 7.89. The van der Waals surface area contributed by atoms with Crippen molar-refractivity contribution in [1.29, 1.82) is 0 Å². The molecule has 6 nitrogen and oxygen atoms in total. The van der Waals surface area contributed by atoms with Crippen LogP contribution in [0.25, 0.3) is 0 Å². The Morgan fingerprint density at radius 2 is 2.04 bits per heavy atom. The van der Waals surface area contributed by atoms with Crippen LogP contribution >= 0.6 is 0 Å². The Morgan fingerprint density at radius 1 is 1.25 bits per heavy atom. The van der Waals surface area contributed by atoms with Crippen molar-refractivity contribution in [1.82, 2.24) is 10.2 Å². The maximum absolute atomic E-state index is 12.6. The molecular formula is C22H28N2O4. The molecule has 2 amide bonds. The van der Waals surface area contributed by atoms with Crippen LogP contribution in [-0.4, -0.2) is 41.9 Å². The van der Waals surface area contributed by atoms with Crippen LogP contribution in [0.5, 0.6) is 5.75 Å². The summed E-state index contributed by atoms with van der Waals surface area (Å²) in [4.78, 5) is 26.9. The maximum Gasteiger partial charge on any atom is 0.287 e.